The topological polar surface area (TPSA) is 173 Å². The first-order valence-electron chi connectivity index (χ1n) is 11.8. The lowest BCUT2D eigenvalue weighted by Crippen LogP contribution is -2.65. The number of nitrogens with two attached hydrogens (primary N) is 1. The van der Waals surface area contributed by atoms with Gasteiger partial charge in [-0.15, -0.1) is 0 Å². The van der Waals surface area contributed by atoms with Crippen LogP contribution in [0.4, 0.5) is 10.1 Å². The van der Waals surface area contributed by atoms with E-state index in [1.807, 2.05) is 0 Å². The molecule has 36 heavy (non-hydrogen) atoms. The van der Waals surface area contributed by atoms with Crippen LogP contribution in [0.3, 0.4) is 0 Å². The maximum Gasteiger partial charge on any atom is 0.227 e. The maximum atomic E-state index is 13.9. The number of aromatic hydroxyl groups is 1. The minimum atomic E-state index is -2.75. The lowest BCUT2D eigenvalue weighted by Gasteiger charge is -2.48. The molecule has 10 nitrogen and oxygen atoms in total. The number of hydrogen-bond acceptors (Lipinski definition) is 9. The number of likely N-dealkylation sites (N-methyl/N-ethyl adjacent to an activating group) is 1. The summed E-state index contributed by atoms with van der Waals surface area (Å²) in [7, 11) is 3.23. The number of hydrogen-bond donors (Lipinski definition) is 6. The predicted octanol–water partition coefficient (Wildman–Crippen LogP) is 0.537. The molecule has 0 bridgehead atoms. The van der Waals surface area contributed by atoms with Crippen LogP contribution in [0.2, 0.25) is 0 Å². The van der Waals surface area contributed by atoms with Crippen molar-refractivity contribution in [1.82, 2.24) is 4.90 Å². The number of alkyl halides is 1. The van der Waals surface area contributed by atoms with Crippen molar-refractivity contribution in [2.75, 3.05) is 32.7 Å². The molecule has 0 aromatic heterocycles. The number of amides is 1. The quantitative estimate of drug-likeness (QED) is 0.206. The summed E-state index contributed by atoms with van der Waals surface area (Å²) in [5, 5.41) is 46.5. The number of rotatable bonds is 9. The van der Waals surface area contributed by atoms with Crippen LogP contribution in [-0.2, 0) is 20.8 Å². The third kappa shape index (κ3) is 4.35. The number of fused-ring (bicyclic) bond motifs is 2. The molecule has 1 aromatic rings. The van der Waals surface area contributed by atoms with Crippen molar-refractivity contribution in [2.24, 2.45) is 23.5 Å². The normalized spacial score (nSPS) is 26.2. The Morgan fingerprint density at radius 3 is 2.44 bits per heavy atom. The van der Waals surface area contributed by atoms with E-state index in [4.69, 9.17) is 5.73 Å². The smallest absolute Gasteiger partial charge is 0.227 e. The average molecular weight is 508 g/mol. The molecular formula is C25H34FN3O7. The molecule has 3 rings (SSSR count). The summed E-state index contributed by atoms with van der Waals surface area (Å²) in [6.07, 6.45) is 0.128. The van der Waals surface area contributed by atoms with Gasteiger partial charge in [-0.1, -0.05) is 0 Å². The van der Waals surface area contributed by atoms with E-state index in [2.05, 4.69) is 5.32 Å². The van der Waals surface area contributed by atoms with Crippen LogP contribution < -0.4 is 11.1 Å². The molecule has 11 heteroatoms. The highest BCUT2D eigenvalue weighted by Gasteiger charge is 2.61. The van der Waals surface area contributed by atoms with E-state index in [0.717, 1.165) is 0 Å². The van der Waals surface area contributed by atoms with Crippen LogP contribution in [0.1, 0.15) is 31.4 Å². The van der Waals surface area contributed by atoms with Crippen LogP contribution in [0, 0.1) is 17.8 Å². The molecule has 0 spiro atoms. The van der Waals surface area contributed by atoms with Gasteiger partial charge in [0.05, 0.1) is 24.1 Å². The molecule has 2 aliphatic carbocycles. The fourth-order valence-corrected chi connectivity index (χ4v) is 5.41. The first-order chi connectivity index (χ1) is 16.8. The van der Waals surface area contributed by atoms with E-state index >= 15 is 0 Å². The molecular weight excluding hydrogens is 473 g/mol. The molecule has 1 fully saturated rings. The van der Waals surface area contributed by atoms with E-state index in [-0.39, 0.29) is 29.7 Å². The fourth-order valence-electron chi connectivity index (χ4n) is 5.41. The van der Waals surface area contributed by atoms with Gasteiger partial charge in [0, 0.05) is 23.2 Å². The zero-order valence-corrected chi connectivity index (χ0v) is 20.8. The number of phenols is 1. The van der Waals surface area contributed by atoms with Gasteiger partial charge in [-0.2, -0.15) is 0 Å². The first-order valence-corrected chi connectivity index (χ1v) is 11.8. The van der Waals surface area contributed by atoms with Gasteiger partial charge in [0.2, 0.25) is 11.7 Å². The number of primary amides is 1. The zero-order chi connectivity index (χ0) is 27.1. The Balaban J connectivity index is 2.24. The Kier molecular flexibility index (Phi) is 7.77. The second kappa shape index (κ2) is 10.2. The monoisotopic (exact) mass is 507 g/mol. The number of ketones is 2. The second-order valence-electron chi connectivity index (χ2n) is 9.99. The molecule has 1 amide bonds. The van der Waals surface area contributed by atoms with Crippen LogP contribution in [0.25, 0.3) is 5.76 Å². The van der Waals surface area contributed by atoms with Crippen molar-refractivity contribution in [3.63, 3.8) is 0 Å². The van der Waals surface area contributed by atoms with Gasteiger partial charge in [0.25, 0.3) is 0 Å². The summed E-state index contributed by atoms with van der Waals surface area (Å²) in [6, 6.07) is 1.43. The highest BCUT2D eigenvalue weighted by molar-refractivity contribution is 6.24. The SMILES string of the molecule is CC(CF)Nc1ccc(O)c2c1C[C@H]1C[C@@H](C(CO)N(C)C)[C@@](O)(C(=O)C(C)C(N)=O)C(=O)C1=C2O. The van der Waals surface area contributed by atoms with E-state index in [1.54, 1.807) is 32.0 Å². The molecule has 0 aliphatic heterocycles. The largest absolute Gasteiger partial charge is 0.507 e. The minimum Gasteiger partial charge on any atom is -0.507 e. The third-order valence-electron chi connectivity index (χ3n) is 7.45. The number of nitrogens with zero attached hydrogens (tertiary/aromatic N) is 1. The number of nitrogens with one attached hydrogen (secondary N) is 1. The molecule has 1 aromatic carbocycles. The molecule has 1 saturated carbocycles. The van der Waals surface area contributed by atoms with Gasteiger partial charge < -0.3 is 36.4 Å². The number of aliphatic hydroxyl groups is 3. The Morgan fingerprint density at radius 2 is 1.92 bits per heavy atom. The van der Waals surface area contributed by atoms with Crippen molar-refractivity contribution in [2.45, 2.75) is 44.4 Å². The number of anilines is 1. The van der Waals surface area contributed by atoms with Crippen LogP contribution >= 0.6 is 0 Å². The molecule has 7 N–H and O–H groups in total. The summed E-state index contributed by atoms with van der Waals surface area (Å²) < 4.78 is 13.2. The van der Waals surface area contributed by atoms with Gasteiger partial charge in [-0.3, -0.25) is 14.4 Å². The van der Waals surface area contributed by atoms with Crippen LogP contribution in [0.5, 0.6) is 5.75 Å². The van der Waals surface area contributed by atoms with Crippen molar-refractivity contribution < 1.29 is 39.2 Å². The van der Waals surface area contributed by atoms with Gasteiger partial charge >= 0.3 is 0 Å². The fraction of sp³-hybridized carbons (Fsp3) is 0.560. The molecule has 0 radical (unpaired) electrons. The number of carbonyl (C=O) groups is 3. The summed E-state index contributed by atoms with van der Waals surface area (Å²) in [4.78, 5) is 40.6. The minimum absolute atomic E-state index is 0.00450. The number of Topliss-reactive ketones (excluding diaryl/α,β-unsaturated/α-hetero) is 2. The third-order valence-corrected chi connectivity index (χ3v) is 7.45. The van der Waals surface area contributed by atoms with E-state index in [0.29, 0.717) is 11.3 Å². The van der Waals surface area contributed by atoms with Crippen molar-refractivity contribution in [3.8, 4) is 5.75 Å². The predicted molar refractivity (Wildman–Crippen MR) is 130 cm³/mol. The van der Waals surface area contributed by atoms with Crippen LogP contribution in [0.15, 0.2) is 17.7 Å². The second-order valence-corrected chi connectivity index (χ2v) is 9.99. The number of carbonyl (C=O) groups excluding carboxylic acids is 3. The first kappa shape index (κ1) is 27.6. The highest BCUT2D eigenvalue weighted by atomic mass is 19.1. The molecule has 6 atom stereocenters. The summed E-state index contributed by atoms with van der Waals surface area (Å²) >= 11 is 0. The average Bonchev–Trinajstić information content (AvgIpc) is 2.82. The standard InChI is InChI=1S/C25H34FN3O7/c1-11(9-26)28-16-5-6-18(31)20-14(16)7-13-8-15(17(10-30)29(3)4)25(36,22(33)12(2)24(27)35)23(34)19(13)21(20)32/h5-6,11-13,15,17,28,30-32,36H,7-10H2,1-4H3,(H2,27,35)/t11?,12?,13-,15-,17?,25+/m0/s1. The zero-order valence-electron chi connectivity index (χ0n) is 20.8. The summed E-state index contributed by atoms with van der Waals surface area (Å²) in [5.41, 5.74) is 3.18. The van der Waals surface area contributed by atoms with E-state index in [1.165, 1.54) is 13.0 Å². The number of halogens is 1. The molecule has 0 saturated heterocycles. The van der Waals surface area contributed by atoms with Crippen LogP contribution in [-0.4, -0.2) is 87.9 Å². The number of benzene rings is 1. The summed E-state index contributed by atoms with van der Waals surface area (Å²) in [5.74, 6) is -7.51. The Morgan fingerprint density at radius 1 is 1.28 bits per heavy atom. The molecule has 0 heterocycles. The van der Waals surface area contributed by atoms with E-state index in [9.17, 15) is 39.2 Å². The lowest BCUT2D eigenvalue weighted by atomic mass is 9.59. The van der Waals surface area contributed by atoms with Gasteiger partial charge in [0.15, 0.2) is 11.4 Å². The molecule has 2 aliphatic rings. The van der Waals surface area contributed by atoms with Gasteiger partial charge in [-0.25, -0.2) is 4.39 Å². The van der Waals surface area contributed by atoms with Gasteiger partial charge in [0.1, 0.15) is 18.2 Å². The Labute approximate surface area is 208 Å². The van der Waals surface area contributed by atoms with E-state index < -0.39 is 72.0 Å². The van der Waals surface area contributed by atoms with Crippen molar-refractivity contribution in [3.05, 3.63) is 28.8 Å². The summed E-state index contributed by atoms with van der Waals surface area (Å²) in [6.45, 7) is 1.64. The maximum absolute atomic E-state index is 13.9. The van der Waals surface area contributed by atoms with Crippen molar-refractivity contribution >= 4 is 28.9 Å². The molecule has 198 valence electrons. The Bertz CT molecular complexity index is 1110. The number of phenolic OH excluding ortho intramolecular Hbond substituents is 1. The lowest BCUT2D eigenvalue weighted by molar-refractivity contribution is -0.166. The van der Waals surface area contributed by atoms with Crippen molar-refractivity contribution in [1.29, 1.82) is 0 Å². The Hall–Kier alpha value is -3.02. The highest BCUT2D eigenvalue weighted by Crippen LogP contribution is 2.50. The van der Waals surface area contributed by atoms with Gasteiger partial charge in [-0.05, 0) is 64.4 Å². The number of aliphatic hydroxyl groups excluding tert-OH is 2. The molecule has 3 unspecified atom stereocenters.